The molecule has 1 saturated heterocycles. The van der Waals surface area contributed by atoms with Gasteiger partial charge in [-0.1, -0.05) is 40.0 Å². The number of hydrogen-bond acceptors (Lipinski definition) is 1. The molecule has 1 aliphatic carbocycles. The van der Waals surface area contributed by atoms with Crippen LogP contribution >= 0.6 is 0 Å². The van der Waals surface area contributed by atoms with Gasteiger partial charge in [-0.3, -0.25) is 0 Å². The first-order valence-corrected chi connectivity index (χ1v) is 7.22. The number of hydrogen-bond donors (Lipinski definition) is 0. The van der Waals surface area contributed by atoms with Gasteiger partial charge in [0, 0.05) is 13.1 Å². The lowest BCUT2D eigenvalue weighted by molar-refractivity contribution is 0.0361. The third-order valence-electron chi connectivity index (χ3n) is 4.35. The van der Waals surface area contributed by atoms with Gasteiger partial charge in [0.25, 0.3) is 0 Å². The molecule has 0 aromatic rings. The van der Waals surface area contributed by atoms with Crippen LogP contribution in [-0.4, -0.2) is 24.5 Å². The van der Waals surface area contributed by atoms with E-state index in [1.54, 1.807) is 0 Å². The molecule has 0 radical (unpaired) electrons. The van der Waals surface area contributed by atoms with Gasteiger partial charge in [-0.05, 0) is 43.1 Å². The summed E-state index contributed by atoms with van der Waals surface area (Å²) in [4.78, 5) is 2.74. The maximum Gasteiger partial charge on any atom is 0.00382 e. The molecule has 0 unspecified atom stereocenters. The van der Waals surface area contributed by atoms with Crippen LogP contribution in [-0.2, 0) is 0 Å². The van der Waals surface area contributed by atoms with Crippen molar-refractivity contribution < 1.29 is 0 Å². The maximum atomic E-state index is 2.74. The van der Waals surface area contributed by atoms with Gasteiger partial charge in [0.1, 0.15) is 0 Å². The predicted molar refractivity (Wildman–Crippen MR) is 70.6 cm³/mol. The van der Waals surface area contributed by atoms with Crippen LogP contribution < -0.4 is 0 Å². The second-order valence-electron chi connectivity index (χ2n) is 7.44. The van der Waals surface area contributed by atoms with Gasteiger partial charge in [0.15, 0.2) is 0 Å². The first-order chi connectivity index (χ1) is 7.49. The van der Waals surface area contributed by atoms with E-state index in [-0.39, 0.29) is 0 Å². The molecular weight excluding hydrogens is 194 g/mol. The van der Waals surface area contributed by atoms with Gasteiger partial charge in [-0.15, -0.1) is 0 Å². The standard InChI is InChI=1S/C15H29N/c1-14(2,3)12-16-11-7-10-15(13-16)8-5-4-6-9-15/h4-13H2,1-3H3. The van der Waals surface area contributed by atoms with Gasteiger partial charge in [0.2, 0.25) is 0 Å². The second kappa shape index (κ2) is 4.68. The van der Waals surface area contributed by atoms with Gasteiger partial charge in [0.05, 0.1) is 0 Å². The Kier molecular flexibility index (Phi) is 3.63. The Bertz CT molecular complexity index is 215. The smallest absolute Gasteiger partial charge is 0.00382 e. The molecule has 94 valence electrons. The molecule has 1 nitrogen and oxygen atoms in total. The zero-order valence-electron chi connectivity index (χ0n) is 11.5. The van der Waals surface area contributed by atoms with Crippen molar-refractivity contribution in [3.05, 3.63) is 0 Å². The average Bonchev–Trinajstić information content (AvgIpc) is 2.16. The van der Waals surface area contributed by atoms with Crippen LogP contribution in [0.3, 0.4) is 0 Å². The second-order valence-corrected chi connectivity index (χ2v) is 7.44. The third-order valence-corrected chi connectivity index (χ3v) is 4.35. The summed E-state index contributed by atoms with van der Waals surface area (Å²) in [5.74, 6) is 0. The molecule has 1 heteroatoms. The first kappa shape index (κ1) is 12.4. The van der Waals surface area contributed by atoms with Crippen molar-refractivity contribution >= 4 is 0 Å². The van der Waals surface area contributed by atoms with E-state index in [9.17, 15) is 0 Å². The Morgan fingerprint density at radius 3 is 2.19 bits per heavy atom. The number of piperidine rings is 1. The van der Waals surface area contributed by atoms with Crippen molar-refractivity contribution in [1.29, 1.82) is 0 Å². The summed E-state index contributed by atoms with van der Waals surface area (Å²) in [6, 6.07) is 0. The monoisotopic (exact) mass is 223 g/mol. The van der Waals surface area contributed by atoms with Crippen molar-refractivity contribution in [2.75, 3.05) is 19.6 Å². The van der Waals surface area contributed by atoms with Crippen molar-refractivity contribution in [3.63, 3.8) is 0 Å². The van der Waals surface area contributed by atoms with E-state index in [0.29, 0.717) is 5.41 Å². The lowest BCUT2D eigenvalue weighted by Crippen LogP contribution is -2.46. The van der Waals surface area contributed by atoms with Crippen molar-refractivity contribution in [2.24, 2.45) is 10.8 Å². The summed E-state index contributed by atoms with van der Waals surface area (Å²) in [5, 5.41) is 0. The zero-order chi connectivity index (χ0) is 11.6. The van der Waals surface area contributed by atoms with Crippen LogP contribution in [0.4, 0.5) is 0 Å². The van der Waals surface area contributed by atoms with Crippen LogP contribution in [0.1, 0.15) is 65.7 Å². The third kappa shape index (κ3) is 3.23. The maximum absolute atomic E-state index is 2.74. The Labute approximate surface area is 102 Å². The van der Waals surface area contributed by atoms with Gasteiger partial charge in [-0.25, -0.2) is 0 Å². The van der Waals surface area contributed by atoms with Crippen molar-refractivity contribution in [1.82, 2.24) is 4.90 Å². The number of rotatable bonds is 1. The molecule has 1 saturated carbocycles. The highest BCUT2D eigenvalue weighted by Crippen LogP contribution is 2.43. The topological polar surface area (TPSA) is 3.24 Å². The minimum Gasteiger partial charge on any atom is -0.302 e. The normalized spacial score (nSPS) is 27.2. The molecule has 2 aliphatic rings. The molecular formula is C15H29N. The van der Waals surface area contributed by atoms with E-state index in [1.165, 1.54) is 64.6 Å². The van der Waals surface area contributed by atoms with E-state index < -0.39 is 0 Å². The Morgan fingerprint density at radius 1 is 0.938 bits per heavy atom. The quantitative estimate of drug-likeness (QED) is 0.647. The first-order valence-electron chi connectivity index (χ1n) is 7.22. The highest BCUT2D eigenvalue weighted by molar-refractivity contribution is 4.90. The average molecular weight is 223 g/mol. The largest absolute Gasteiger partial charge is 0.302 e. The van der Waals surface area contributed by atoms with E-state index >= 15 is 0 Å². The summed E-state index contributed by atoms with van der Waals surface area (Å²) in [6.45, 7) is 11.1. The minimum absolute atomic E-state index is 0.465. The fourth-order valence-electron chi connectivity index (χ4n) is 3.83. The summed E-state index contributed by atoms with van der Waals surface area (Å²) >= 11 is 0. The molecule has 0 bridgehead atoms. The molecule has 16 heavy (non-hydrogen) atoms. The van der Waals surface area contributed by atoms with Crippen LogP contribution in [0.2, 0.25) is 0 Å². The predicted octanol–water partition coefficient (Wildman–Crippen LogP) is 4.08. The van der Waals surface area contributed by atoms with Gasteiger partial charge < -0.3 is 4.90 Å². The lowest BCUT2D eigenvalue weighted by atomic mass is 9.69. The summed E-state index contributed by atoms with van der Waals surface area (Å²) < 4.78 is 0. The summed E-state index contributed by atoms with van der Waals surface area (Å²) in [6.07, 6.45) is 10.4. The molecule has 1 heterocycles. The highest BCUT2D eigenvalue weighted by atomic mass is 15.1. The molecule has 1 spiro atoms. The molecule has 0 aromatic heterocycles. The molecule has 2 fully saturated rings. The minimum atomic E-state index is 0.465. The van der Waals surface area contributed by atoms with Crippen LogP contribution in [0.15, 0.2) is 0 Å². The Hall–Kier alpha value is -0.0400. The van der Waals surface area contributed by atoms with Gasteiger partial charge >= 0.3 is 0 Å². The van der Waals surface area contributed by atoms with E-state index in [0.717, 1.165) is 5.41 Å². The molecule has 0 N–H and O–H groups in total. The lowest BCUT2D eigenvalue weighted by Gasteiger charge is -2.46. The summed E-state index contributed by atoms with van der Waals surface area (Å²) in [5.41, 5.74) is 1.19. The molecule has 1 aliphatic heterocycles. The van der Waals surface area contributed by atoms with E-state index in [4.69, 9.17) is 0 Å². The van der Waals surface area contributed by atoms with Crippen molar-refractivity contribution in [2.45, 2.75) is 65.7 Å². The Balaban J connectivity index is 1.92. The van der Waals surface area contributed by atoms with Crippen molar-refractivity contribution in [3.8, 4) is 0 Å². The van der Waals surface area contributed by atoms with E-state index in [2.05, 4.69) is 25.7 Å². The highest BCUT2D eigenvalue weighted by Gasteiger charge is 2.36. The van der Waals surface area contributed by atoms with Gasteiger partial charge in [-0.2, -0.15) is 0 Å². The number of likely N-dealkylation sites (tertiary alicyclic amines) is 1. The molecule has 0 aromatic carbocycles. The zero-order valence-corrected chi connectivity index (χ0v) is 11.5. The fraction of sp³-hybridized carbons (Fsp3) is 1.00. The fourth-order valence-corrected chi connectivity index (χ4v) is 3.83. The van der Waals surface area contributed by atoms with Crippen LogP contribution in [0.5, 0.6) is 0 Å². The number of nitrogens with zero attached hydrogens (tertiary/aromatic N) is 1. The summed E-state index contributed by atoms with van der Waals surface area (Å²) in [7, 11) is 0. The Morgan fingerprint density at radius 2 is 1.56 bits per heavy atom. The van der Waals surface area contributed by atoms with E-state index in [1.807, 2.05) is 0 Å². The molecule has 0 atom stereocenters. The van der Waals surface area contributed by atoms with Crippen LogP contribution in [0, 0.1) is 10.8 Å². The molecule has 2 rings (SSSR count). The van der Waals surface area contributed by atoms with Crippen LogP contribution in [0.25, 0.3) is 0 Å². The molecule has 0 amide bonds. The SMILES string of the molecule is CC(C)(C)CN1CCCC2(CCCCC2)C1.